The first-order valence-corrected chi connectivity index (χ1v) is 7.62. The molecule has 0 heterocycles. The summed E-state index contributed by atoms with van der Waals surface area (Å²) in [7, 11) is 0. The first-order chi connectivity index (χ1) is 10.0. The molecule has 4 heteroatoms. The van der Waals surface area contributed by atoms with E-state index in [9.17, 15) is 4.79 Å². The number of anilines is 1. The van der Waals surface area contributed by atoms with Gasteiger partial charge in [-0.15, -0.1) is 0 Å². The van der Waals surface area contributed by atoms with Gasteiger partial charge in [0.2, 0.25) is 0 Å². The first kappa shape index (κ1) is 15.6. The summed E-state index contributed by atoms with van der Waals surface area (Å²) in [6.45, 7) is 6.43. The predicted molar refractivity (Wildman–Crippen MR) is 89.2 cm³/mol. The van der Waals surface area contributed by atoms with Crippen molar-refractivity contribution < 1.29 is 9.53 Å². The third-order valence-corrected chi connectivity index (χ3v) is 4.17. The number of hydrogen-bond acceptors (Lipinski definition) is 2. The minimum Gasteiger partial charge on any atom is -0.492 e. The van der Waals surface area contributed by atoms with Crippen molar-refractivity contribution in [2.45, 2.75) is 20.8 Å². The molecule has 0 atom stereocenters. The Balaban J connectivity index is 2.29. The first-order valence-electron chi connectivity index (χ1n) is 6.83. The van der Waals surface area contributed by atoms with Crippen LogP contribution in [-0.2, 0) is 0 Å². The molecule has 0 spiro atoms. The zero-order valence-electron chi connectivity index (χ0n) is 12.4. The van der Waals surface area contributed by atoms with Gasteiger partial charge < -0.3 is 10.1 Å². The van der Waals surface area contributed by atoms with Crippen LogP contribution in [-0.4, -0.2) is 12.5 Å². The van der Waals surface area contributed by atoms with E-state index < -0.39 is 0 Å². The molecule has 2 aromatic rings. The number of ether oxygens (including phenoxy) is 1. The molecule has 0 aliphatic carbocycles. The van der Waals surface area contributed by atoms with Crippen molar-refractivity contribution in [3.8, 4) is 5.75 Å². The second-order valence-corrected chi connectivity index (χ2v) is 5.62. The molecule has 21 heavy (non-hydrogen) atoms. The van der Waals surface area contributed by atoms with Crippen LogP contribution in [0.25, 0.3) is 0 Å². The summed E-state index contributed by atoms with van der Waals surface area (Å²) in [5.74, 6) is 0.532. The van der Waals surface area contributed by atoms with Crippen LogP contribution in [0.15, 0.2) is 40.9 Å². The van der Waals surface area contributed by atoms with Crippen LogP contribution in [0.3, 0.4) is 0 Å². The number of amides is 1. The van der Waals surface area contributed by atoms with E-state index in [0.717, 1.165) is 15.6 Å². The zero-order valence-corrected chi connectivity index (χ0v) is 14.0. The number of carbonyl (C=O) groups is 1. The second kappa shape index (κ2) is 6.76. The molecular formula is C17H18BrNO2. The molecule has 110 valence electrons. The molecule has 0 fully saturated rings. The molecule has 2 aromatic carbocycles. The summed E-state index contributed by atoms with van der Waals surface area (Å²) in [5.41, 5.74) is 3.41. The molecule has 0 saturated carbocycles. The van der Waals surface area contributed by atoms with Gasteiger partial charge in [-0.3, -0.25) is 4.79 Å². The molecule has 1 amide bonds. The maximum absolute atomic E-state index is 12.4. The number of halogens is 1. The maximum Gasteiger partial charge on any atom is 0.256 e. The number of nitrogens with one attached hydrogen (secondary N) is 1. The van der Waals surface area contributed by atoms with Crippen LogP contribution in [0.4, 0.5) is 5.69 Å². The molecule has 0 bridgehead atoms. The molecule has 0 radical (unpaired) electrons. The lowest BCUT2D eigenvalue weighted by Crippen LogP contribution is -2.14. The molecule has 0 saturated heterocycles. The Morgan fingerprint density at radius 1 is 1.24 bits per heavy atom. The van der Waals surface area contributed by atoms with Gasteiger partial charge in [0.25, 0.3) is 5.91 Å². The lowest BCUT2D eigenvalue weighted by molar-refractivity contribution is 0.102. The minimum atomic E-state index is -0.157. The van der Waals surface area contributed by atoms with Crippen LogP contribution in [0.1, 0.15) is 28.4 Å². The highest BCUT2D eigenvalue weighted by Gasteiger charge is 2.13. The third kappa shape index (κ3) is 3.64. The summed E-state index contributed by atoms with van der Waals surface area (Å²) in [6, 6.07) is 11.3. The Kier molecular flexibility index (Phi) is 5.02. The fourth-order valence-electron chi connectivity index (χ4n) is 2.02. The van der Waals surface area contributed by atoms with Gasteiger partial charge >= 0.3 is 0 Å². The van der Waals surface area contributed by atoms with E-state index in [1.54, 1.807) is 6.07 Å². The highest BCUT2D eigenvalue weighted by molar-refractivity contribution is 9.10. The van der Waals surface area contributed by atoms with E-state index in [-0.39, 0.29) is 5.91 Å². The number of carbonyl (C=O) groups excluding carboxylic acids is 1. The van der Waals surface area contributed by atoms with Crippen LogP contribution in [0.2, 0.25) is 0 Å². The Morgan fingerprint density at radius 2 is 2.00 bits per heavy atom. The van der Waals surface area contributed by atoms with E-state index in [2.05, 4.69) is 21.2 Å². The van der Waals surface area contributed by atoms with Gasteiger partial charge in [-0.05, 0) is 66.0 Å². The number of hydrogen-bond donors (Lipinski definition) is 1. The lowest BCUT2D eigenvalue weighted by atomic mass is 10.1. The average Bonchev–Trinajstić information content (AvgIpc) is 2.45. The van der Waals surface area contributed by atoms with Gasteiger partial charge in [-0.25, -0.2) is 0 Å². The van der Waals surface area contributed by atoms with E-state index >= 15 is 0 Å². The van der Waals surface area contributed by atoms with E-state index in [1.165, 1.54) is 0 Å². The zero-order chi connectivity index (χ0) is 15.4. The van der Waals surface area contributed by atoms with Gasteiger partial charge in [0.1, 0.15) is 5.75 Å². The summed E-state index contributed by atoms with van der Waals surface area (Å²) in [5, 5.41) is 2.91. The summed E-state index contributed by atoms with van der Waals surface area (Å²) >= 11 is 3.46. The summed E-state index contributed by atoms with van der Waals surface area (Å²) in [6.07, 6.45) is 0. The van der Waals surface area contributed by atoms with Crippen LogP contribution in [0.5, 0.6) is 5.75 Å². The largest absolute Gasteiger partial charge is 0.492 e. The van der Waals surface area contributed by atoms with Crippen molar-refractivity contribution in [2.24, 2.45) is 0 Å². The molecule has 2 rings (SSSR count). The topological polar surface area (TPSA) is 38.3 Å². The smallest absolute Gasteiger partial charge is 0.256 e. The lowest BCUT2D eigenvalue weighted by Gasteiger charge is -2.13. The van der Waals surface area contributed by atoms with Crippen molar-refractivity contribution in [1.82, 2.24) is 0 Å². The summed E-state index contributed by atoms with van der Waals surface area (Å²) < 4.78 is 6.39. The van der Waals surface area contributed by atoms with Gasteiger partial charge in [0, 0.05) is 4.47 Å². The van der Waals surface area contributed by atoms with Gasteiger partial charge in [-0.1, -0.05) is 18.2 Å². The average molecular weight is 348 g/mol. The Hall–Kier alpha value is -1.81. The highest BCUT2D eigenvalue weighted by atomic mass is 79.9. The van der Waals surface area contributed by atoms with Crippen molar-refractivity contribution in [2.75, 3.05) is 11.9 Å². The van der Waals surface area contributed by atoms with Crippen LogP contribution in [0, 0.1) is 13.8 Å². The molecule has 0 aliphatic heterocycles. The van der Waals surface area contributed by atoms with Crippen molar-refractivity contribution in [1.29, 1.82) is 0 Å². The normalized spacial score (nSPS) is 10.3. The van der Waals surface area contributed by atoms with Gasteiger partial charge in [-0.2, -0.15) is 0 Å². The highest BCUT2D eigenvalue weighted by Crippen LogP contribution is 2.28. The van der Waals surface area contributed by atoms with Gasteiger partial charge in [0.15, 0.2) is 0 Å². The number of benzene rings is 2. The molecule has 3 nitrogen and oxygen atoms in total. The number of rotatable bonds is 4. The van der Waals surface area contributed by atoms with Crippen molar-refractivity contribution in [3.63, 3.8) is 0 Å². The van der Waals surface area contributed by atoms with E-state index in [0.29, 0.717) is 23.6 Å². The van der Waals surface area contributed by atoms with Crippen LogP contribution >= 0.6 is 15.9 Å². The standard InChI is InChI=1S/C17H18BrNO2/c1-4-21-15-10-11(2)8-9-14(15)19-17(20)13-7-5-6-12(3)16(13)18/h5-10H,4H2,1-3H3,(H,19,20). The maximum atomic E-state index is 12.4. The molecule has 0 unspecified atom stereocenters. The Morgan fingerprint density at radius 3 is 2.71 bits per heavy atom. The second-order valence-electron chi connectivity index (χ2n) is 4.82. The Bertz CT molecular complexity index is 668. The molecule has 0 aromatic heterocycles. The Labute approximate surface area is 133 Å². The summed E-state index contributed by atoms with van der Waals surface area (Å²) in [4.78, 5) is 12.4. The molecule has 1 N–H and O–H groups in total. The third-order valence-electron chi connectivity index (χ3n) is 3.12. The fourth-order valence-corrected chi connectivity index (χ4v) is 2.46. The van der Waals surface area contributed by atoms with Gasteiger partial charge in [0.05, 0.1) is 17.9 Å². The minimum absolute atomic E-state index is 0.157. The van der Waals surface area contributed by atoms with Crippen molar-refractivity contribution >= 4 is 27.5 Å². The SMILES string of the molecule is CCOc1cc(C)ccc1NC(=O)c1cccc(C)c1Br. The van der Waals surface area contributed by atoms with Crippen molar-refractivity contribution in [3.05, 3.63) is 57.6 Å². The molecule has 0 aliphatic rings. The van der Waals surface area contributed by atoms with Crippen LogP contribution < -0.4 is 10.1 Å². The van der Waals surface area contributed by atoms with E-state index in [1.807, 2.05) is 51.1 Å². The number of aryl methyl sites for hydroxylation is 2. The quantitative estimate of drug-likeness (QED) is 0.868. The molecular weight excluding hydrogens is 330 g/mol. The predicted octanol–water partition coefficient (Wildman–Crippen LogP) is 4.72. The fraction of sp³-hybridized carbons (Fsp3) is 0.235. The monoisotopic (exact) mass is 347 g/mol. The van der Waals surface area contributed by atoms with E-state index in [4.69, 9.17) is 4.74 Å².